The number of urea groups is 1. The molecule has 0 aliphatic carbocycles. The Morgan fingerprint density at radius 3 is 2.53 bits per heavy atom. The standard InChI is InChI=1S/C13H21N3O/c1-5-16(6-2)12(17)15-13(3,4)11-8-7-9-14-10-11/h7-10H,5-6H2,1-4H3,(H,15,17). The lowest BCUT2D eigenvalue weighted by Gasteiger charge is -2.30. The van der Waals surface area contributed by atoms with Gasteiger partial charge in [-0.1, -0.05) is 6.07 Å². The molecule has 2 amide bonds. The monoisotopic (exact) mass is 235 g/mol. The summed E-state index contributed by atoms with van der Waals surface area (Å²) in [6.07, 6.45) is 3.51. The lowest BCUT2D eigenvalue weighted by Crippen LogP contribution is -2.48. The van der Waals surface area contributed by atoms with Gasteiger partial charge >= 0.3 is 6.03 Å². The molecule has 4 heteroatoms. The third-order valence-electron chi connectivity index (χ3n) is 2.85. The van der Waals surface area contributed by atoms with Crippen LogP contribution in [-0.4, -0.2) is 29.0 Å². The molecule has 4 nitrogen and oxygen atoms in total. The molecule has 1 N–H and O–H groups in total. The SMILES string of the molecule is CCN(CC)C(=O)NC(C)(C)c1cccnc1. The van der Waals surface area contributed by atoms with Crippen molar-refractivity contribution in [3.8, 4) is 0 Å². The largest absolute Gasteiger partial charge is 0.329 e. The van der Waals surface area contributed by atoms with Gasteiger partial charge in [0.05, 0.1) is 5.54 Å². The third kappa shape index (κ3) is 3.44. The zero-order valence-electron chi connectivity index (χ0n) is 11.0. The topological polar surface area (TPSA) is 45.2 Å². The first-order valence-electron chi connectivity index (χ1n) is 5.98. The summed E-state index contributed by atoms with van der Waals surface area (Å²) in [6.45, 7) is 9.33. The zero-order chi connectivity index (χ0) is 12.9. The van der Waals surface area contributed by atoms with Gasteiger partial charge in [0.25, 0.3) is 0 Å². The van der Waals surface area contributed by atoms with Gasteiger partial charge in [0.2, 0.25) is 0 Å². The van der Waals surface area contributed by atoms with Gasteiger partial charge in [0.1, 0.15) is 0 Å². The van der Waals surface area contributed by atoms with Crippen molar-refractivity contribution in [3.05, 3.63) is 30.1 Å². The summed E-state index contributed by atoms with van der Waals surface area (Å²) in [4.78, 5) is 17.8. The molecule has 0 fully saturated rings. The maximum atomic E-state index is 12.0. The molecule has 1 aromatic heterocycles. The van der Waals surface area contributed by atoms with E-state index in [0.717, 1.165) is 5.56 Å². The van der Waals surface area contributed by atoms with Crippen molar-refractivity contribution >= 4 is 6.03 Å². The van der Waals surface area contributed by atoms with Crippen molar-refractivity contribution in [1.29, 1.82) is 0 Å². The summed E-state index contributed by atoms with van der Waals surface area (Å²) < 4.78 is 0. The van der Waals surface area contributed by atoms with Crippen LogP contribution in [0.15, 0.2) is 24.5 Å². The van der Waals surface area contributed by atoms with Crippen molar-refractivity contribution in [3.63, 3.8) is 0 Å². The molecule has 0 aliphatic heterocycles. The summed E-state index contributed by atoms with van der Waals surface area (Å²) in [5.74, 6) is 0. The highest BCUT2D eigenvalue weighted by Crippen LogP contribution is 2.18. The van der Waals surface area contributed by atoms with Crippen LogP contribution in [-0.2, 0) is 5.54 Å². The number of nitrogens with zero attached hydrogens (tertiary/aromatic N) is 2. The smallest absolute Gasteiger partial charge is 0.318 e. The van der Waals surface area contributed by atoms with Crippen LogP contribution in [0.5, 0.6) is 0 Å². The van der Waals surface area contributed by atoms with Crippen molar-refractivity contribution < 1.29 is 4.79 Å². The number of hydrogen-bond acceptors (Lipinski definition) is 2. The summed E-state index contributed by atoms with van der Waals surface area (Å²) in [6, 6.07) is 3.81. The second kappa shape index (κ2) is 5.66. The van der Waals surface area contributed by atoms with Crippen molar-refractivity contribution in [1.82, 2.24) is 15.2 Å². The minimum atomic E-state index is -0.409. The Balaban J connectivity index is 2.76. The molecule has 0 unspecified atom stereocenters. The number of nitrogens with one attached hydrogen (secondary N) is 1. The van der Waals surface area contributed by atoms with E-state index in [-0.39, 0.29) is 6.03 Å². The first kappa shape index (κ1) is 13.5. The van der Waals surface area contributed by atoms with Crippen molar-refractivity contribution in [2.45, 2.75) is 33.2 Å². The molecule has 0 radical (unpaired) electrons. The maximum Gasteiger partial charge on any atom is 0.318 e. The Bertz CT molecular complexity index is 358. The van der Waals surface area contributed by atoms with Crippen LogP contribution in [0, 0.1) is 0 Å². The predicted octanol–water partition coefficient (Wildman–Crippen LogP) is 2.37. The average Bonchev–Trinajstić information content (AvgIpc) is 2.31. The fraction of sp³-hybridized carbons (Fsp3) is 0.538. The zero-order valence-corrected chi connectivity index (χ0v) is 11.0. The molecule has 0 aromatic carbocycles. The summed E-state index contributed by atoms with van der Waals surface area (Å²) in [7, 11) is 0. The van der Waals surface area contributed by atoms with Crippen LogP contribution in [0.4, 0.5) is 4.79 Å². The van der Waals surface area contributed by atoms with Crippen molar-refractivity contribution in [2.75, 3.05) is 13.1 Å². The second-order valence-electron chi connectivity index (χ2n) is 4.47. The summed E-state index contributed by atoms with van der Waals surface area (Å²) in [5, 5.41) is 3.02. The van der Waals surface area contributed by atoms with Gasteiger partial charge in [-0.3, -0.25) is 4.98 Å². The van der Waals surface area contributed by atoms with Crippen LogP contribution >= 0.6 is 0 Å². The molecule has 1 heterocycles. The number of amides is 2. The predicted molar refractivity (Wildman–Crippen MR) is 68.7 cm³/mol. The van der Waals surface area contributed by atoms with Gasteiger partial charge < -0.3 is 10.2 Å². The van der Waals surface area contributed by atoms with Gasteiger partial charge in [-0.25, -0.2) is 4.79 Å². The summed E-state index contributed by atoms with van der Waals surface area (Å²) in [5.41, 5.74) is 0.592. The van der Waals surface area contributed by atoms with Crippen LogP contribution in [0.2, 0.25) is 0 Å². The highest BCUT2D eigenvalue weighted by Gasteiger charge is 2.24. The molecule has 1 rings (SSSR count). The molecule has 0 atom stereocenters. The number of rotatable bonds is 4. The Morgan fingerprint density at radius 2 is 2.06 bits per heavy atom. The molecular weight excluding hydrogens is 214 g/mol. The summed E-state index contributed by atoms with van der Waals surface area (Å²) >= 11 is 0. The highest BCUT2D eigenvalue weighted by molar-refractivity contribution is 5.75. The van der Waals surface area contributed by atoms with Crippen LogP contribution in [0.25, 0.3) is 0 Å². The van der Waals surface area contributed by atoms with E-state index in [1.165, 1.54) is 0 Å². The molecule has 0 saturated heterocycles. The van der Waals surface area contributed by atoms with Crippen LogP contribution in [0.1, 0.15) is 33.3 Å². The van der Waals surface area contributed by atoms with Gasteiger partial charge in [-0.2, -0.15) is 0 Å². The van der Waals surface area contributed by atoms with Gasteiger partial charge in [0.15, 0.2) is 0 Å². The lowest BCUT2D eigenvalue weighted by atomic mass is 9.96. The molecule has 1 aromatic rings. The van der Waals surface area contributed by atoms with E-state index >= 15 is 0 Å². The third-order valence-corrected chi connectivity index (χ3v) is 2.85. The minimum Gasteiger partial charge on any atom is -0.329 e. The van der Waals surface area contributed by atoms with Gasteiger partial charge in [-0.15, -0.1) is 0 Å². The van der Waals surface area contributed by atoms with Crippen LogP contribution in [0.3, 0.4) is 0 Å². The Hall–Kier alpha value is -1.58. The number of pyridine rings is 1. The Morgan fingerprint density at radius 1 is 1.41 bits per heavy atom. The first-order valence-corrected chi connectivity index (χ1v) is 5.98. The van der Waals surface area contributed by atoms with Crippen molar-refractivity contribution in [2.24, 2.45) is 0 Å². The minimum absolute atomic E-state index is 0.0381. The van der Waals surface area contributed by atoms with E-state index in [2.05, 4.69) is 10.3 Å². The van der Waals surface area contributed by atoms with Gasteiger partial charge in [0, 0.05) is 25.5 Å². The van der Waals surface area contributed by atoms with E-state index in [4.69, 9.17) is 0 Å². The normalized spacial score (nSPS) is 11.1. The second-order valence-corrected chi connectivity index (χ2v) is 4.47. The molecule has 0 bridgehead atoms. The van der Waals surface area contributed by atoms with E-state index in [1.54, 1.807) is 17.3 Å². The van der Waals surface area contributed by atoms with Gasteiger partial charge in [-0.05, 0) is 39.3 Å². The fourth-order valence-electron chi connectivity index (χ4n) is 1.66. The molecule has 0 spiro atoms. The quantitative estimate of drug-likeness (QED) is 0.870. The molecule has 94 valence electrons. The first-order chi connectivity index (χ1) is 8.01. The van der Waals surface area contributed by atoms with E-state index in [9.17, 15) is 4.79 Å². The number of carbonyl (C=O) groups is 1. The number of hydrogen-bond donors (Lipinski definition) is 1. The number of aromatic nitrogens is 1. The highest BCUT2D eigenvalue weighted by atomic mass is 16.2. The Labute approximate surface area is 103 Å². The van der Waals surface area contributed by atoms with E-state index in [0.29, 0.717) is 13.1 Å². The maximum absolute atomic E-state index is 12.0. The molecular formula is C13H21N3O. The van der Waals surface area contributed by atoms with Crippen LogP contribution < -0.4 is 5.32 Å². The molecule has 0 aliphatic rings. The molecule has 0 saturated carbocycles. The fourth-order valence-corrected chi connectivity index (χ4v) is 1.66. The molecule has 17 heavy (non-hydrogen) atoms. The lowest BCUT2D eigenvalue weighted by molar-refractivity contribution is 0.192. The number of carbonyl (C=O) groups excluding carboxylic acids is 1. The van der Waals surface area contributed by atoms with E-state index in [1.807, 2.05) is 39.8 Å². The Kier molecular flexibility index (Phi) is 4.49. The average molecular weight is 235 g/mol. The van der Waals surface area contributed by atoms with E-state index < -0.39 is 5.54 Å².